The van der Waals surface area contributed by atoms with Crippen LogP contribution in [0.2, 0.25) is 0 Å². The van der Waals surface area contributed by atoms with Crippen LogP contribution in [-0.4, -0.2) is 23.9 Å². The van der Waals surface area contributed by atoms with Gasteiger partial charge in [-0.25, -0.2) is 0 Å². The molecule has 2 N–H and O–H groups in total. The molecule has 0 unspecified atom stereocenters. The smallest absolute Gasteiger partial charge is 0.246 e. The molecular formula is C12H18N2O. The Bertz CT molecular complexity index is 269. The molecule has 3 heteroatoms. The van der Waals surface area contributed by atoms with Crippen LogP contribution in [0.1, 0.15) is 6.42 Å². The minimum absolute atomic E-state index is 0.423. The van der Waals surface area contributed by atoms with Gasteiger partial charge in [-0.05, 0) is 6.42 Å². The molecule has 0 heterocycles. The van der Waals surface area contributed by atoms with Gasteiger partial charge in [-0.3, -0.25) is 4.79 Å². The van der Waals surface area contributed by atoms with Crippen LogP contribution in [0, 0.1) is 0 Å². The number of rotatable bonds is 8. The lowest BCUT2D eigenvalue weighted by Crippen LogP contribution is -2.22. The highest BCUT2D eigenvalue weighted by molar-refractivity contribution is 5.92. The van der Waals surface area contributed by atoms with Crippen molar-refractivity contribution in [1.82, 2.24) is 4.90 Å². The molecule has 82 valence electrons. The molecule has 0 aromatic heterocycles. The Balaban J connectivity index is 4.69. The summed E-state index contributed by atoms with van der Waals surface area (Å²) in [4.78, 5) is 13.0. The predicted molar refractivity (Wildman–Crippen MR) is 64.1 cm³/mol. The van der Waals surface area contributed by atoms with Gasteiger partial charge in [0, 0.05) is 24.9 Å². The standard InChI is InChI=1S/C12H18N2O/c1-4-7-11(12(13)15)10-14(8-5-2)9-6-3/h4-6,10H,1-3,7-9H2,(H2,13,15). The van der Waals surface area contributed by atoms with E-state index in [4.69, 9.17) is 5.73 Å². The summed E-state index contributed by atoms with van der Waals surface area (Å²) in [5.41, 5.74) is 5.77. The van der Waals surface area contributed by atoms with E-state index >= 15 is 0 Å². The number of carbonyl (C=O) groups excluding carboxylic acids is 1. The van der Waals surface area contributed by atoms with Crippen LogP contribution in [-0.2, 0) is 4.79 Å². The third-order valence-electron chi connectivity index (χ3n) is 1.75. The summed E-state index contributed by atoms with van der Waals surface area (Å²) >= 11 is 0. The van der Waals surface area contributed by atoms with E-state index in [2.05, 4.69) is 19.7 Å². The van der Waals surface area contributed by atoms with Crippen LogP contribution in [0.4, 0.5) is 0 Å². The average Bonchev–Trinajstić information content (AvgIpc) is 2.17. The van der Waals surface area contributed by atoms with Crippen molar-refractivity contribution in [3.05, 3.63) is 49.7 Å². The summed E-state index contributed by atoms with van der Waals surface area (Å²) < 4.78 is 0. The van der Waals surface area contributed by atoms with Crippen LogP contribution in [0.5, 0.6) is 0 Å². The van der Waals surface area contributed by atoms with Gasteiger partial charge in [-0.1, -0.05) is 18.2 Å². The minimum Gasteiger partial charge on any atom is -0.370 e. The van der Waals surface area contributed by atoms with E-state index in [0.717, 1.165) is 0 Å². The molecular weight excluding hydrogens is 188 g/mol. The molecule has 1 amide bonds. The molecule has 0 spiro atoms. The Morgan fingerprint density at radius 3 is 2.00 bits per heavy atom. The largest absolute Gasteiger partial charge is 0.370 e. The maximum atomic E-state index is 11.1. The van der Waals surface area contributed by atoms with Gasteiger partial charge in [-0.2, -0.15) is 0 Å². The van der Waals surface area contributed by atoms with Crippen molar-refractivity contribution in [2.45, 2.75) is 6.42 Å². The van der Waals surface area contributed by atoms with Crippen LogP contribution >= 0.6 is 0 Å². The maximum absolute atomic E-state index is 11.1. The normalized spacial score (nSPS) is 10.5. The first-order valence-corrected chi connectivity index (χ1v) is 4.73. The second-order valence-corrected chi connectivity index (χ2v) is 3.04. The van der Waals surface area contributed by atoms with Crippen molar-refractivity contribution in [3.63, 3.8) is 0 Å². The Hall–Kier alpha value is -1.77. The van der Waals surface area contributed by atoms with Crippen molar-refractivity contribution < 1.29 is 4.79 Å². The van der Waals surface area contributed by atoms with E-state index in [1.807, 2.05) is 4.90 Å². The van der Waals surface area contributed by atoms with Crippen molar-refractivity contribution >= 4 is 5.91 Å². The van der Waals surface area contributed by atoms with E-state index in [1.165, 1.54) is 0 Å². The Labute approximate surface area is 91.3 Å². The van der Waals surface area contributed by atoms with Crippen LogP contribution in [0.25, 0.3) is 0 Å². The Morgan fingerprint density at radius 2 is 1.67 bits per heavy atom. The van der Waals surface area contributed by atoms with E-state index in [-0.39, 0.29) is 0 Å². The van der Waals surface area contributed by atoms with Crippen LogP contribution in [0.3, 0.4) is 0 Å². The van der Waals surface area contributed by atoms with Crippen molar-refractivity contribution in [1.29, 1.82) is 0 Å². The number of hydrogen-bond acceptors (Lipinski definition) is 2. The van der Waals surface area contributed by atoms with Gasteiger partial charge in [0.25, 0.3) is 0 Å². The fraction of sp³-hybridized carbons (Fsp3) is 0.250. The zero-order chi connectivity index (χ0) is 11.7. The number of nitrogens with zero attached hydrogens (tertiary/aromatic N) is 1. The summed E-state index contributed by atoms with van der Waals surface area (Å²) in [6.45, 7) is 12.2. The van der Waals surface area contributed by atoms with Gasteiger partial charge < -0.3 is 10.6 Å². The Kier molecular flexibility index (Phi) is 6.72. The molecule has 0 atom stereocenters. The lowest BCUT2D eigenvalue weighted by molar-refractivity contribution is -0.114. The first-order valence-electron chi connectivity index (χ1n) is 4.73. The lowest BCUT2D eigenvalue weighted by atomic mass is 10.2. The van der Waals surface area contributed by atoms with Gasteiger partial charge in [-0.15, -0.1) is 19.7 Å². The number of nitrogens with two attached hydrogens (primary N) is 1. The third kappa shape index (κ3) is 5.52. The molecule has 0 saturated carbocycles. The minimum atomic E-state index is -0.423. The third-order valence-corrected chi connectivity index (χ3v) is 1.75. The average molecular weight is 206 g/mol. The number of hydrogen-bond donors (Lipinski definition) is 1. The second-order valence-electron chi connectivity index (χ2n) is 3.04. The molecule has 0 bridgehead atoms. The maximum Gasteiger partial charge on any atom is 0.246 e. The number of carbonyl (C=O) groups is 1. The summed E-state index contributed by atoms with van der Waals surface area (Å²) in [5.74, 6) is -0.423. The van der Waals surface area contributed by atoms with Gasteiger partial charge >= 0.3 is 0 Å². The van der Waals surface area contributed by atoms with Gasteiger partial charge in [0.1, 0.15) is 0 Å². The highest BCUT2D eigenvalue weighted by atomic mass is 16.1. The summed E-state index contributed by atoms with van der Waals surface area (Å²) in [6.07, 6.45) is 7.36. The fourth-order valence-electron chi connectivity index (χ4n) is 1.10. The summed E-state index contributed by atoms with van der Waals surface area (Å²) in [6, 6.07) is 0. The van der Waals surface area contributed by atoms with Crippen molar-refractivity contribution in [3.8, 4) is 0 Å². The molecule has 0 aliphatic heterocycles. The van der Waals surface area contributed by atoms with E-state index in [1.54, 1.807) is 24.4 Å². The van der Waals surface area contributed by atoms with E-state index in [0.29, 0.717) is 25.1 Å². The molecule has 0 aliphatic carbocycles. The second kappa shape index (κ2) is 7.62. The van der Waals surface area contributed by atoms with Gasteiger partial charge in [0.15, 0.2) is 0 Å². The predicted octanol–water partition coefficient (Wildman–Crippen LogP) is 1.61. The molecule has 0 aromatic carbocycles. The lowest BCUT2D eigenvalue weighted by Gasteiger charge is -2.17. The topological polar surface area (TPSA) is 46.3 Å². The molecule has 0 fully saturated rings. The zero-order valence-corrected chi connectivity index (χ0v) is 8.98. The summed E-state index contributed by atoms with van der Waals surface area (Å²) in [7, 11) is 0. The summed E-state index contributed by atoms with van der Waals surface area (Å²) in [5, 5.41) is 0. The SMILES string of the molecule is C=CCC(=CN(CC=C)CC=C)C(N)=O. The number of allylic oxidation sites excluding steroid dienone is 1. The molecule has 3 nitrogen and oxygen atoms in total. The van der Waals surface area contributed by atoms with E-state index < -0.39 is 5.91 Å². The molecule has 0 saturated heterocycles. The monoisotopic (exact) mass is 206 g/mol. The highest BCUT2D eigenvalue weighted by Gasteiger charge is 2.04. The fourth-order valence-corrected chi connectivity index (χ4v) is 1.10. The van der Waals surface area contributed by atoms with Gasteiger partial charge in [0.2, 0.25) is 5.91 Å². The van der Waals surface area contributed by atoms with Crippen molar-refractivity contribution in [2.24, 2.45) is 5.73 Å². The molecule has 0 aliphatic rings. The number of primary amides is 1. The van der Waals surface area contributed by atoms with Crippen molar-refractivity contribution in [2.75, 3.05) is 13.1 Å². The first-order chi connectivity index (χ1) is 7.15. The quantitative estimate of drug-likeness (QED) is 0.484. The molecule has 0 rings (SSSR count). The first kappa shape index (κ1) is 13.2. The Morgan fingerprint density at radius 1 is 1.13 bits per heavy atom. The zero-order valence-electron chi connectivity index (χ0n) is 8.98. The molecule has 0 aromatic rings. The van der Waals surface area contributed by atoms with Crippen LogP contribution in [0.15, 0.2) is 49.7 Å². The van der Waals surface area contributed by atoms with Crippen LogP contribution < -0.4 is 5.73 Å². The molecule has 0 radical (unpaired) electrons. The molecule has 15 heavy (non-hydrogen) atoms. The van der Waals surface area contributed by atoms with Gasteiger partial charge in [0.05, 0.1) is 0 Å². The number of amides is 1. The highest BCUT2D eigenvalue weighted by Crippen LogP contribution is 2.04. The van der Waals surface area contributed by atoms with E-state index in [9.17, 15) is 4.79 Å².